The molecule has 79 heavy (non-hydrogen) atoms. The van der Waals surface area contributed by atoms with E-state index < -0.39 is 0 Å². The largest absolute Gasteiger partial charge is 0.507 e. The number of rotatable bonds is 16. The van der Waals surface area contributed by atoms with Gasteiger partial charge in [-0.25, -0.2) is 0 Å². The summed E-state index contributed by atoms with van der Waals surface area (Å²) in [7, 11) is 0. The number of allylic oxidation sites excluding steroid dienone is 6. The highest BCUT2D eigenvalue weighted by molar-refractivity contribution is 8.03. The topological polar surface area (TPSA) is 40.5 Å². The fourth-order valence-corrected chi connectivity index (χ4v) is 26.3. The van der Waals surface area contributed by atoms with Crippen LogP contribution in [0.25, 0.3) is 0 Å². The molecule has 10 aliphatic rings. The standard InChI is InChI=1S/C75H118O2S2/c1-46(2)18-15-20-48(5)59-28-30-61-57-26-24-53-43-55(33-38-71(53,10)63(57)35-40-73(59,61)12)78-68-65(76)42-52(45-75(14)51(8)32-37-70(9)50(7)22-17-23-66(70)75)67(77)69(68)79-56-34-39-72(11)54(44-56)25-27-58-62-31-29-60(49(6)21-16-19-47(3)4)74(62,13)41-36-64(58)72/h22,24-25,42,46-49,51,55-64,66,76-77H,15-21,23,26-41,43-45H2,1-14H3/t48-,49-,51+,55?,56?,57+,58+,59-,60-,61+,62+,63+,64+,66-,70-,71+,72+,73-,74-,75-/m1/s1. The molecule has 0 saturated heterocycles. The number of phenols is 2. The van der Waals surface area contributed by atoms with Crippen LogP contribution in [0.4, 0.5) is 0 Å². The lowest BCUT2D eigenvalue weighted by atomic mass is 9.47. The van der Waals surface area contributed by atoms with Gasteiger partial charge in [-0.1, -0.05) is 163 Å². The lowest BCUT2D eigenvalue weighted by Crippen LogP contribution is -2.50. The Kier molecular flexibility index (Phi) is 17.0. The highest BCUT2D eigenvalue weighted by Crippen LogP contribution is 2.71. The number of hydrogen-bond donors (Lipinski definition) is 2. The second-order valence-electron chi connectivity index (χ2n) is 33.2. The third-order valence-corrected chi connectivity index (χ3v) is 31.4. The van der Waals surface area contributed by atoms with E-state index in [0.29, 0.717) is 55.5 Å². The molecule has 0 aromatic heterocycles. The van der Waals surface area contributed by atoms with Crippen molar-refractivity contribution < 1.29 is 10.2 Å². The van der Waals surface area contributed by atoms with Crippen LogP contribution in [0.5, 0.6) is 11.5 Å². The fourth-order valence-electron chi connectivity index (χ4n) is 23.5. The molecular formula is C75H118O2S2. The van der Waals surface area contributed by atoms with Crippen LogP contribution in [0.1, 0.15) is 269 Å². The molecule has 2 unspecified atom stereocenters. The fraction of sp³-hybridized carbons (Fsp3) is 0.840. The maximum atomic E-state index is 13.2. The van der Waals surface area contributed by atoms with E-state index in [1.807, 2.05) is 23.5 Å². The van der Waals surface area contributed by atoms with Crippen molar-refractivity contribution in [2.45, 2.75) is 291 Å². The van der Waals surface area contributed by atoms with Crippen molar-refractivity contribution in [3.8, 4) is 11.5 Å². The molecule has 10 aliphatic carbocycles. The number of aromatic hydroxyl groups is 2. The van der Waals surface area contributed by atoms with Crippen LogP contribution in [0.2, 0.25) is 0 Å². The van der Waals surface area contributed by atoms with E-state index in [2.05, 4.69) is 121 Å². The zero-order valence-electron chi connectivity index (χ0n) is 53.3. The second-order valence-corrected chi connectivity index (χ2v) is 35.8. The van der Waals surface area contributed by atoms with Gasteiger partial charge in [-0.2, -0.15) is 0 Å². The smallest absolute Gasteiger partial charge is 0.133 e. The van der Waals surface area contributed by atoms with Gasteiger partial charge in [-0.15, -0.1) is 23.5 Å². The van der Waals surface area contributed by atoms with Crippen LogP contribution in [-0.2, 0) is 6.42 Å². The van der Waals surface area contributed by atoms with Gasteiger partial charge in [0.25, 0.3) is 0 Å². The quantitative estimate of drug-likeness (QED) is 0.128. The van der Waals surface area contributed by atoms with E-state index in [0.717, 1.165) is 112 Å². The first-order chi connectivity index (χ1) is 37.4. The minimum Gasteiger partial charge on any atom is -0.507 e. The first kappa shape index (κ1) is 59.5. The van der Waals surface area contributed by atoms with Crippen LogP contribution < -0.4 is 0 Å². The summed E-state index contributed by atoms with van der Waals surface area (Å²) in [5.41, 5.74) is 7.95. The predicted molar refractivity (Wildman–Crippen MR) is 340 cm³/mol. The summed E-state index contributed by atoms with van der Waals surface area (Å²) in [5.74, 6) is 12.3. The first-order valence-corrected chi connectivity index (χ1v) is 36.2. The Morgan fingerprint density at radius 1 is 0.544 bits per heavy atom. The SMILES string of the molecule is CC1=CCC[C@H]2[C@](C)(Cc3cc(O)c(SC4CC[C@@]5(C)C(=CC[C@H]6[C@@H]7CC[C@H]([C@H](C)CCCC(C)C)[C@@]7(C)CC[C@@H]65)C4)c(SC4CC[C@@]5(C)C(=CC[C@H]6[C@@H]7CC[C@H]([C@H](C)CCCC(C)C)[C@@]7(C)CC[C@@H]65)C4)c3O)[C@@H](C)CC[C@]12C. The third kappa shape index (κ3) is 10.3. The van der Waals surface area contributed by atoms with Crippen molar-refractivity contribution in [3.05, 3.63) is 46.6 Å². The zero-order valence-corrected chi connectivity index (χ0v) is 55.0. The molecule has 2 nitrogen and oxygen atoms in total. The van der Waals surface area contributed by atoms with Crippen molar-refractivity contribution >= 4 is 23.5 Å². The Hall–Kier alpha value is -1.26. The van der Waals surface area contributed by atoms with E-state index in [-0.39, 0.29) is 10.8 Å². The summed E-state index contributed by atoms with van der Waals surface area (Å²) in [6.45, 7) is 35.8. The average Bonchev–Trinajstić information content (AvgIpc) is 3.99. The minimum atomic E-state index is 0.0428. The van der Waals surface area contributed by atoms with Gasteiger partial charge in [0, 0.05) is 10.5 Å². The molecule has 0 radical (unpaired) electrons. The van der Waals surface area contributed by atoms with Crippen molar-refractivity contribution in [1.29, 1.82) is 0 Å². The molecule has 442 valence electrons. The van der Waals surface area contributed by atoms with Gasteiger partial charge in [0.2, 0.25) is 0 Å². The van der Waals surface area contributed by atoms with E-state index in [9.17, 15) is 10.2 Å². The van der Waals surface area contributed by atoms with Crippen molar-refractivity contribution in [3.63, 3.8) is 0 Å². The summed E-state index contributed by atoms with van der Waals surface area (Å²) in [6, 6.07) is 2.08. The molecule has 0 bridgehead atoms. The summed E-state index contributed by atoms with van der Waals surface area (Å²) in [6.07, 6.45) is 43.5. The lowest BCUT2D eigenvalue weighted by Gasteiger charge is -2.58. The lowest BCUT2D eigenvalue weighted by molar-refractivity contribution is -0.0498. The molecule has 2 N–H and O–H groups in total. The van der Waals surface area contributed by atoms with E-state index in [1.165, 1.54) is 148 Å². The summed E-state index contributed by atoms with van der Waals surface area (Å²) < 4.78 is 0. The normalized spacial score (nSPS) is 44.3. The number of hydrogen-bond acceptors (Lipinski definition) is 4. The maximum Gasteiger partial charge on any atom is 0.133 e. The monoisotopic (exact) mass is 1110 g/mol. The number of phenolic OH excluding ortho intramolecular Hbond substituents is 2. The van der Waals surface area contributed by atoms with E-state index >= 15 is 0 Å². The predicted octanol–water partition coefficient (Wildman–Crippen LogP) is 22.4. The average molecular weight is 1120 g/mol. The molecule has 1 aromatic carbocycles. The van der Waals surface area contributed by atoms with Gasteiger partial charge >= 0.3 is 0 Å². The highest BCUT2D eigenvalue weighted by atomic mass is 32.2. The molecule has 0 amide bonds. The first-order valence-electron chi connectivity index (χ1n) is 34.4. The second kappa shape index (κ2) is 22.5. The number of fused-ring (bicyclic) bond motifs is 11. The number of thioether (sulfide) groups is 2. The summed E-state index contributed by atoms with van der Waals surface area (Å²) in [5, 5.41) is 26.7. The van der Waals surface area contributed by atoms with Crippen molar-refractivity contribution in [2.24, 2.45) is 115 Å². The van der Waals surface area contributed by atoms with Crippen molar-refractivity contribution in [2.75, 3.05) is 0 Å². The van der Waals surface area contributed by atoms with Crippen LogP contribution in [0, 0.1) is 115 Å². The van der Waals surface area contributed by atoms with Crippen LogP contribution >= 0.6 is 23.5 Å². The van der Waals surface area contributed by atoms with E-state index in [4.69, 9.17) is 0 Å². The molecule has 0 aliphatic heterocycles. The van der Waals surface area contributed by atoms with E-state index in [1.54, 1.807) is 16.7 Å². The Morgan fingerprint density at radius 2 is 1.04 bits per heavy atom. The Balaban J connectivity index is 0.840. The molecule has 7 saturated carbocycles. The summed E-state index contributed by atoms with van der Waals surface area (Å²) in [4.78, 5) is 2.02. The zero-order chi connectivity index (χ0) is 56.2. The van der Waals surface area contributed by atoms with Crippen LogP contribution in [0.15, 0.2) is 50.8 Å². The van der Waals surface area contributed by atoms with Gasteiger partial charge in [0.05, 0.1) is 9.79 Å². The van der Waals surface area contributed by atoms with Crippen molar-refractivity contribution in [1.82, 2.24) is 0 Å². The van der Waals surface area contributed by atoms with Gasteiger partial charge in [0.15, 0.2) is 0 Å². The molecule has 0 spiro atoms. The third-order valence-electron chi connectivity index (χ3n) is 28.5. The minimum absolute atomic E-state index is 0.0428. The Labute approximate surface area is 494 Å². The molecule has 1 aromatic rings. The Bertz CT molecular complexity index is 2460. The molecule has 4 heteroatoms. The van der Waals surface area contributed by atoms with Gasteiger partial charge in [0.1, 0.15) is 11.5 Å². The molecule has 20 atom stereocenters. The highest BCUT2D eigenvalue weighted by Gasteiger charge is 2.62. The maximum absolute atomic E-state index is 13.2. The van der Waals surface area contributed by atoms with Crippen LogP contribution in [-0.4, -0.2) is 20.7 Å². The molecule has 0 heterocycles. The van der Waals surface area contributed by atoms with Crippen LogP contribution in [0.3, 0.4) is 0 Å². The molecule has 11 rings (SSSR count). The summed E-state index contributed by atoms with van der Waals surface area (Å²) >= 11 is 3.95. The molecular weight excluding hydrogens is 997 g/mol. The Morgan fingerprint density at radius 3 is 1.54 bits per heavy atom. The van der Waals surface area contributed by atoms with Gasteiger partial charge in [-0.3, -0.25) is 0 Å². The van der Waals surface area contributed by atoms with Gasteiger partial charge < -0.3 is 10.2 Å². The number of benzene rings is 1. The molecule has 7 fully saturated rings. The van der Waals surface area contributed by atoms with Gasteiger partial charge in [-0.05, 0) is 269 Å².